The number of halogens is 1. The lowest BCUT2D eigenvalue weighted by Crippen LogP contribution is -1.99. The molecule has 0 radical (unpaired) electrons. The molecule has 1 aromatic heterocycles. The highest BCUT2D eigenvalue weighted by Gasteiger charge is 2.06. The second kappa shape index (κ2) is 4.72. The van der Waals surface area contributed by atoms with Gasteiger partial charge in [0.05, 0.1) is 11.1 Å². The maximum Gasteiger partial charge on any atom is 0.337 e. The number of hydrogen-bond acceptors (Lipinski definition) is 2. The van der Waals surface area contributed by atoms with Gasteiger partial charge in [0.25, 0.3) is 0 Å². The molecule has 0 amide bonds. The molecule has 0 aliphatic heterocycles. The van der Waals surface area contributed by atoms with Gasteiger partial charge in [-0.05, 0) is 23.8 Å². The first-order valence-corrected chi connectivity index (χ1v) is 5.18. The van der Waals surface area contributed by atoms with Gasteiger partial charge in [0.1, 0.15) is 11.9 Å². The van der Waals surface area contributed by atoms with E-state index >= 15 is 0 Å². The van der Waals surface area contributed by atoms with Crippen molar-refractivity contribution in [2.75, 3.05) is 0 Å². The van der Waals surface area contributed by atoms with Crippen LogP contribution in [0.25, 0.3) is 0 Å². The van der Waals surface area contributed by atoms with Crippen molar-refractivity contribution in [3.05, 3.63) is 59.2 Å². The second-order valence-electron chi connectivity index (χ2n) is 3.80. The minimum absolute atomic E-state index is 0.0156. The van der Waals surface area contributed by atoms with E-state index in [2.05, 4.69) is 0 Å². The zero-order chi connectivity index (χ0) is 13.1. The Morgan fingerprint density at radius 1 is 1.44 bits per heavy atom. The van der Waals surface area contributed by atoms with Crippen LogP contribution in [-0.2, 0) is 6.54 Å². The molecule has 90 valence electrons. The number of nitriles is 1. The molecule has 1 heterocycles. The van der Waals surface area contributed by atoms with Crippen LogP contribution >= 0.6 is 0 Å². The Morgan fingerprint density at radius 2 is 2.22 bits per heavy atom. The Kier molecular flexibility index (Phi) is 3.11. The van der Waals surface area contributed by atoms with Gasteiger partial charge in [0.15, 0.2) is 0 Å². The summed E-state index contributed by atoms with van der Waals surface area (Å²) in [6, 6.07) is 7.50. The van der Waals surface area contributed by atoms with Crippen LogP contribution in [0.4, 0.5) is 4.39 Å². The highest BCUT2D eigenvalue weighted by molar-refractivity contribution is 5.87. The number of rotatable bonds is 3. The van der Waals surface area contributed by atoms with Crippen molar-refractivity contribution in [1.29, 1.82) is 5.26 Å². The van der Waals surface area contributed by atoms with E-state index in [9.17, 15) is 9.18 Å². The first-order chi connectivity index (χ1) is 8.60. The number of benzene rings is 1. The topological polar surface area (TPSA) is 66.0 Å². The summed E-state index contributed by atoms with van der Waals surface area (Å²) in [5.74, 6) is -1.55. The highest BCUT2D eigenvalue weighted by Crippen LogP contribution is 2.12. The number of hydrogen-bond donors (Lipinski definition) is 1. The SMILES string of the molecule is N#Cc1cc(Cn2ccc(C(=O)O)c2)ccc1F. The summed E-state index contributed by atoms with van der Waals surface area (Å²) in [7, 11) is 0. The summed E-state index contributed by atoms with van der Waals surface area (Å²) < 4.78 is 14.8. The lowest BCUT2D eigenvalue weighted by molar-refractivity contribution is 0.0697. The smallest absolute Gasteiger partial charge is 0.337 e. The molecule has 0 saturated heterocycles. The molecule has 0 unspecified atom stereocenters. The standard InChI is InChI=1S/C13H9FN2O2/c14-12-2-1-9(5-11(12)6-15)7-16-4-3-10(8-16)13(17)18/h1-5,8H,7H2,(H,17,18). The zero-order valence-electron chi connectivity index (χ0n) is 9.30. The quantitative estimate of drug-likeness (QED) is 0.900. The molecule has 0 spiro atoms. The molecule has 0 fully saturated rings. The predicted octanol–water partition coefficient (Wildman–Crippen LogP) is 2.25. The predicted molar refractivity (Wildman–Crippen MR) is 61.6 cm³/mol. The Morgan fingerprint density at radius 3 is 2.83 bits per heavy atom. The van der Waals surface area contributed by atoms with Crippen molar-refractivity contribution in [3.8, 4) is 6.07 Å². The number of carboxylic acids is 1. The van der Waals surface area contributed by atoms with Gasteiger partial charge in [0.2, 0.25) is 0 Å². The number of nitrogens with zero attached hydrogens (tertiary/aromatic N) is 2. The summed E-state index contributed by atoms with van der Waals surface area (Å²) in [5.41, 5.74) is 0.913. The van der Waals surface area contributed by atoms with E-state index < -0.39 is 11.8 Å². The molecule has 0 atom stereocenters. The fraction of sp³-hybridized carbons (Fsp3) is 0.0769. The van der Waals surface area contributed by atoms with Crippen LogP contribution in [0.1, 0.15) is 21.5 Å². The van der Waals surface area contributed by atoms with Crippen molar-refractivity contribution in [2.45, 2.75) is 6.54 Å². The molecule has 4 nitrogen and oxygen atoms in total. The van der Waals surface area contributed by atoms with Crippen LogP contribution in [0.2, 0.25) is 0 Å². The van der Waals surface area contributed by atoms with Gasteiger partial charge in [-0.25, -0.2) is 9.18 Å². The monoisotopic (exact) mass is 244 g/mol. The molecule has 0 bridgehead atoms. The molecule has 2 rings (SSSR count). The Bertz CT molecular complexity index is 641. The van der Waals surface area contributed by atoms with E-state index in [1.54, 1.807) is 22.9 Å². The third kappa shape index (κ3) is 2.38. The van der Waals surface area contributed by atoms with Crippen LogP contribution < -0.4 is 0 Å². The van der Waals surface area contributed by atoms with Gasteiger partial charge >= 0.3 is 5.97 Å². The minimum atomic E-state index is -0.995. The normalized spacial score (nSPS) is 10.0. The third-order valence-corrected chi connectivity index (χ3v) is 2.51. The molecule has 18 heavy (non-hydrogen) atoms. The molecule has 1 aromatic carbocycles. The van der Waals surface area contributed by atoms with Gasteiger partial charge in [-0.1, -0.05) is 6.07 Å². The molecule has 5 heteroatoms. The van der Waals surface area contributed by atoms with Crippen molar-refractivity contribution >= 4 is 5.97 Å². The van der Waals surface area contributed by atoms with Gasteiger partial charge in [-0.15, -0.1) is 0 Å². The van der Waals surface area contributed by atoms with Crippen LogP contribution in [-0.4, -0.2) is 15.6 Å². The summed E-state index contributed by atoms with van der Waals surface area (Å²) >= 11 is 0. The fourth-order valence-corrected chi connectivity index (χ4v) is 1.63. The minimum Gasteiger partial charge on any atom is -0.478 e. The molecule has 0 aliphatic rings. The summed E-state index contributed by atoms with van der Waals surface area (Å²) in [6.07, 6.45) is 3.11. The first-order valence-electron chi connectivity index (χ1n) is 5.18. The highest BCUT2D eigenvalue weighted by atomic mass is 19.1. The average molecular weight is 244 g/mol. The van der Waals surface area contributed by atoms with Crippen molar-refractivity contribution < 1.29 is 14.3 Å². The molecule has 2 aromatic rings. The number of carbonyl (C=O) groups is 1. The lowest BCUT2D eigenvalue weighted by Gasteiger charge is -2.04. The van der Waals surface area contributed by atoms with E-state index in [-0.39, 0.29) is 11.1 Å². The van der Waals surface area contributed by atoms with Gasteiger partial charge < -0.3 is 9.67 Å². The van der Waals surface area contributed by atoms with E-state index in [1.807, 2.05) is 0 Å². The van der Waals surface area contributed by atoms with E-state index in [1.165, 1.54) is 24.4 Å². The number of carboxylic acid groups (broad SMARTS) is 1. The number of aromatic nitrogens is 1. The fourth-order valence-electron chi connectivity index (χ4n) is 1.63. The molecular formula is C13H9FN2O2. The van der Waals surface area contributed by atoms with Crippen molar-refractivity contribution in [1.82, 2.24) is 4.57 Å². The summed E-state index contributed by atoms with van der Waals surface area (Å²) in [4.78, 5) is 10.7. The molecule has 0 aliphatic carbocycles. The van der Waals surface area contributed by atoms with Gasteiger partial charge in [-0.3, -0.25) is 0 Å². The average Bonchev–Trinajstić information content (AvgIpc) is 2.80. The maximum absolute atomic E-state index is 13.1. The molecule has 0 saturated carbocycles. The Labute approximate surface area is 103 Å². The van der Waals surface area contributed by atoms with Crippen LogP contribution in [0, 0.1) is 17.1 Å². The molecule has 1 N–H and O–H groups in total. The lowest BCUT2D eigenvalue weighted by atomic mass is 10.1. The van der Waals surface area contributed by atoms with E-state index in [0.29, 0.717) is 6.54 Å². The van der Waals surface area contributed by atoms with Crippen LogP contribution in [0.5, 0.6) is 0 Å². The van der Waals surface area contributed by atoms with Crippen molar-refractivity contribution in [2.24, 2.45) is 0 Å². The second-order valence-corrected chi connectivity index (χ2v) is 3.80. The van der Waals surface area contributed by atoms with E-state index in [4.69, 9.17) is 10.4 Å². The largest absolute Gasteiger partial charge is 0.478 e. The van der Waals surface area contributed by atoms with Gasteiger partial charge in [0, 0.05) is 18.9 Å². The van der Waals surface area contributed by atoms with Crippen LogP contribution in [0.15, 0.2) is 36.7 Å². The molecular weight excluding hydrogens is 235 g/mol. The maximum atomic E-state index is 13.1. The Hall–Kier alpha value is -2.61. The Balaban J connectivity index is 2.23. The van der Waals surface area contributed by atoms with Gasteiger partial charge in [-0.2, -0.15) is 5.26 Å². The number of aromatic carboxylic acids is 1. The third-order valence-electron chi connectivity index (χ3n) is 2.51. The zero-order valence-corrected chi connectivity index (χ0v) is 9.30. The van der Waals surface area contributed by atoms with E-state index in [0.717, 1.165) is 5.56 Å². The van der Waals surface area contributed by atoms with Crippen LogP contribution in [0.3, 0.4) is 0 Å². The summed E-state index contributed by atoms with van der Waals surface area (Å²) in [6.45, 7) is 0.391. The van der Waals surface area contributed by atoms with Crippen molar-refractivity contribution in [3.63, 3.8) is 0 Å². The first kappa shape index (κ1) is 11.9. The summed E-state index contributed by atoms with van der Waals surface area (Å²) in [5, 5.41) is 17.5.